The van der Waals surface area contributed by atoms with Gasteiger partial charge in [0, 0.05) is 0 Å². The van der Waals surface area contributed by atoms with Crippen molar-refractivity contribution in [1.29, 1.82) is 0 Å². The van der Waals surface area contributed by atoms with Crippen molar-refractivity contribution in [3.05, 3.63) is 83.9 Å². The van der Waals surface area contributed by atoms with Gasteiger partial charge in [-0.3, -0.25) is 4.39 Å². The maximum atomic E-state index is 12.2. The Morgan fingerprint density at radius 3 is 1.43 bits per heavy atom. The third-order valence-electron chi connectivity index (χ3n) is 8.06. The Hall–Kier alpha value is -2.41. The van der Waals surface area contributed by atoms with E-state index in [1.807, 2.05) is 0 Å². The molecule has 1 heteroatoms. The van der Waals surface area contributed by atoms with Crippen LogP contribution in [0.1, 0.15) is 82.3 Å². The summed E-state index contributed by atoms with van der Waals surface area (Å²) in [4.78, 5) is 0. The highest BCUT2D eigenvalue weighted by Crippen LogP contribution is 2.34. The van der Waals surface area contributed by atoms with Gasteiger partial charge in [0.1, 0.15) is 0 Å². The number of rotatable bonds is 12. The summed E-state index contributed by atoms with van der Waals surface area (Å²) in [5, 5.41) is 0. The molecule has 0 unspecified atom stereocenters. The SMILES string of the molecule is CCC[C@H]1CC[C@H](CCc2ccc(-c3ccc(-c4ccc(CCCCCF)cc4)cc3)cc2)CC1. The van der Waals surface area contributed by atoms with Crippen LogP contribution in [0.15, 0.2) is 72.8 Å². The molecule has 3 aromatic rings. The average molecular weight is 471 g/mol. The lowest BCUT2D eigenvalue weighted by atomic mass is 9.78. The molecule has 0 aliphatic heterocycles. The second-order valence-electron chi connectivity index (χ2n) is 10.7. The quantitative estimate of drug-likeness (QED) is 0.231. The van der Waals surface area contributed by atoms with Crippen LogP contribution in [0.2, 0.25) is 0 Å². The van der Waals surface area contributed by atoms with Crippen LogP contribution in [-0.4, -0.2) is 6.67 Å². The van der Waals surface area contributed by atoms with E-state index in [0.29, 0.717) is 6.42 Å². The third-order valence-corrected chi connectivity index (χ3v) is 8.06. The number of hydrogen-bond donors (Lipinski definition) is 0. The summed E-state index contributed by atoms with van der Waals surface area (Å²) in [6.45, 7) is 2.13. The molecule has 1 aliphatic carbocycles. The molecule has 0 amide bonds. The molecule has 0 N–H and O–H groups in total. The highest BCUT2D eigenvalue weighted by Gasteiger charge is 2.20. The maximum Gasteiger partial charge on any atom is 0.0894 e. The van der Waals surface area contributed by atoms with Crippen LogP contribution in [-0.2, 0) is 12.8 Å². The van der Waals surface area contributed by atoms with Gasteiger partial charge in [0.2, 0.25) is 0 Å². The van der Waals surface area contributed by atoms with Gasteiger partial charge in [-0.05, 0) is 77.3 Å². The Morgan fingerprint density at radius 1 is 0.543 bits per heavy atom. The lowest BCUT2D eigenvalue weighted by Gasteiger charge is -2.28. The molecule has 0 heterocycles. The van der Waals surface area contributed by atoms with E-state index in [1.165, 1.54) is 84.7 Å². The highest BCUT2D eigenvalue weighted by atomic mass is 19.1. The molecule has 186 valence electrons. The Kier molecular flexibility index (Phi) is 9.99. The monoisotopic (exact) mass is 470 g/mol. The average Bonchev–Trinajstić information content (AvgIpc) is 2.92. The molecule has 0 atom stereocenters. The minimum absolute atomic E-state index is 0.195. The predicted octanol–water partition coefficient (Wildman–Crippen LogP) is 10.2. The number of alkyl halides is 1. The van der Waals surface area contributed by atoms with Crippen molar-refractivity contribution in [2.45, 2.75) is 84.0 Å². The van der Waals surface area contributed by atoms with Gasteiger partial charge in [-0.1, -0.05) is 125 Å². The normalized spacial score (nSPS) is 18.0. The van der Waals surface area contributed by atoms with Crippen molar-refractivity contribution >= 4 is 0 Å². The van der Waals surface area contributed by atoms with E-state index in [9.17, 15) is 4.39 Å². The van der Waals surface area contributed by atoms with Crippen molar-refractivity contribution in [3.63, 3.8) is 0 Å². The fourth-order valence-electron chi connectivity index (χ4n) is 5.77. The number of aryl methyl sites for hydroxylation is 2. The Bertz CT molecular complexity index is 976. The first kappa shape index (κ1) is 25.7. The molecule has 0 nitrogen and oxygen atoms in total. The van der Waals surface area contributed by atoms with Crippen molar-refractivity contribution in [1.82, 2.24) is 0 Å². The molecular weight excluding hydrogens is 427 g/mol. The van der Waals surface area contributed by atoms with Crippen molar-refractivity contribution in [2.75, 3.05) is 6.67 Å². The minimum Gasteiger partial charge on any atom is -0.251 e. The van der Waals surface area contributed by atoms with E-state index in [1.54, 1.807) is 0 Å². The lowest BCUT2D eigenvalue weighted by molar-refractivity contribution is 0.252. The zero-order chi connectivity index (χ0) is 24.3. The Labute approximate surface area is 213 Å². The number of halogens is 1. The molecule has 0 radical (unpaired) electrons. The van der Waals surface area contributed by atoms with Crippen LogP contribution in [0.3, 0.4) is 0 Å². The molecule has 3 aromatic carbocycles. The van der Waals surface area contributed by atoms with Crippen molar-refractivity contribution < 1.29 is 4.39 Å². The van der Waals surface area contributed by atoms with Crippen molar-refractivity contribution in [3.8, 4) is 22.3 Å². The van der Waals surface area contributed by atoms with Crippen LogP contribution in [0, 0.1) is 11.8 Å². The van der Waals surface area contributed by atoms with E-state index in [0.717, 1.165) is 31.1 Å². The second kappa shape index (κ2) is 13.6. The zero-order valence-electron chi connectivity index (χ0n) is 21.7. The first-order chi connectivity index (χ1) is 17.2. The molecule has 0 aromatic heterocycles. The lowest BCUT2D eigenvalue weighted by Crippen LogP contribution is -2.15. The van der Waals surface area contributed by atoms with Gasteiger partial charge in [0.05, 0.1) is 6.67 Å². The van der Waals surface area contributed by atoms with Gasteiger partial charge in [-0.2, -0.15) is 0 Å². The van der Waals surface area contributed by atoms with E-state index in [4.69, 9.17) is 0 Å². The van der Waals surface area contributed by atoms with Gasteiger partial charge in [-0.15, -0.1) is 0 Å². The standard InChI is InChI=1S/C34H43F/c1-2-6-27-8-10-29(11-9-27)12-13-30-16-20-32(21-17-30)34-24-22-33(23-25-34)31-18-14-28(15-19-31)7-4-3-5-26-35/h14-25,27,29H,2-13,26H2,1H3/t27-,29-. The molecule has 1 saturated carbocycles. The summed E-state index contributed by atoms with van der Waals surface area (Å²) < 4.78 is 12.2. The van der Waals surface area contributed by atoms with Crippen LogP contribution in [0.5, 0.6) is 0 Å². The third kappa shape index (κ3) is 7.79. The molecule has 1 fully saturated rings. The first-order valence-corrected chi connectivity index (χ1v) is 14.1. The van der Waals surface area contributed by atoms with Crippen LogP contribution >= 0.6 is 0 Å². The highest BCUT2D eigenvalue weighted by molar-refractivity contribution is 5.70. The van der Waals surface area contributed by atoms with E-state index in [-0.39, 0.29) is 6.67 Å². The van der Waals surface area contributed by atoms with E-state index >= 15 is 0 Å². The van der Waals surface area contributed by atoms with E-state index < -0.39 is 0 Å². The first-order valence-electron chi connectivity index (χ1n) is 14.1. The van der Waals surface area contributed by atoms with Gasteiger partial charge in [0.25, 0.3) is 0 Å². The number of hydrogen-bond acceptors (Lipinski definition) is 0. The summed E-state index contributed by atoms with van der Waals surface area (Å²) in [5.41, 5.74) is 7.90. The van der Waals surface area contributed by atoms with E-state index in [2.05, 4.69) is 79.7 Å². The topological polar surface area (TPSA) is 0 Å². The summed E-state index contributed by atoms with van der Waals surface area (Å²) in [7, 11) is 0. The Morgan fingerprint density at radius 2 is 0.971 bits per heavy atom. The number of benzene rings is 3. The van der Waals surface area contributed by atoms with Crippen LogP contribution < -0.4 is 0 Å². The minimum atomic E-state index is -0.195. The fraction of sp³-hybridized carbons (Fsp3) is 0.471. The molecule has 0 bridgehead atoms. The molecule has 1 aliphatic rings. The molecule has 0 saturated heterocycles. The smallest absolute Gasteiger partial charge is 0.0894 e. The molecule has 0 spiro atoms. The van der Waals surface area contributed by atoms with Gasteiger partial charge in [0.15, 0.2) is 0 Å². The number of unbranched alkanes of at least 4 members (excludes halogenated alkanes) is 2. The summed E-state index contributed by atoms with van der Waals surface area (Å²) in [6.07, 6.45) is 14.9. The van der Waals surface area contributed by atoms with Crippen molar-refractivity contribution in [2.24, 2.45) is 11.8 Å². The molecule has 4 rings (SSSR count). The fourth-order valence-corrected chi connectivity index (χ4v) is 5.77. The molecular formula is C34H43F. The van der Waals surface area contributed by atoms with Gasteiger partial charge in [-0.25, -0.2) is 0 Å². The van der Waals surface area contributed by atoms with Gasteiger partial charge >= 0.3 is 0 Å². The summed E-state index contributed by atoms with van der Waals surface area (Å²) in [5.74, 6) is 1.94. The predicted molar refractivity (Wildman–Crippen MR) is 150 cm³/mol. The summed E-state index contributed by atoms with van der Waals surface area (Å²) in [6, 6.07) is 27.0. The van der Waals surface area contributed by atoms with Crippen LogP contribution in [0.25, 0.3) is 22.3 Å². The van der Waals surface area contributed by atoms with Gasteiger partial charge < -0.3 is 0 Å². The molecule has 35 heavy (non-hydrogen) atoms. The maximum absolute atomic E-state index is 12.2. The largest absolute Gasteiger partial charge is 0.251 e. The van der Waals surface area contributed by atoms with Crippen LogP contribution in [0.4, 0.5) is 4.39 Å². The Balaban J connectivity index is 1.27. The zero-order valence-corrected chi connectivity index (χ0v) is 21.7. The summed E-state index contributed by atoms with van der Waals surface area (Å²) >= 11 is 0. The second-order valence-corrected chi connectivity index (χ2v) is 10.7.